The standard InChI is InChI=1S/C26H26O8/c1-31-21-9-6-15(11-23(21)33-3)5-7-16-12-18(20(28)14-19(16)27)26(30)25(29)17-8-10-22(32-2)24(13-17)34-4/h6,8-14,27-28H,5,7H2,1-4H3. The lowest BCUT2D eigenvalue weighted by Gasteiger charge is -2.12. The van der Waals surface area contributed by atoms with Crippen molar-refractivity contribution in [1.29, 1.82) is 0 Å². The summed E-state index contributed by atoms with van der Waals surface area (Å²) in [4.78, 5) is 25.7. The molecule has 3 aromatic rings. The largest absolute Gasteiger partial charge is 0.508 e. The molecule has 0 fully saturated rings. The van der Waals surface area contributed by atoms with Crippen LogP contribution in [0.2, 0.25) is 0 Å². The van der Waals surface area contributed by atoms with E-state index in [1.54, 1.807) is 20.3 Å². The fourth-order valence-electron chi connectivity index (χ4n) is 3.55. The number of hydrogen-bond acceptors (Lipinski definition) is 8. The van der Waals surface area contributed by atoms with Gasteiger partial charge in [-0.05, 0) is 60.4 Å². The summed E-state index contributed by atoms with van der Waals surface area (Å²) < 4.78 is 20.9. The zero-order valence-corrected chi connectivity index (χ0v) is 19.4. The zero-order chi connectivity index (χ0) is 24.8. The summed E-state index contributed by atoms with van der Waals surface area (Å²) in [5.41, 5.74) is 1.22. The third-order valence-corrected chi connectivity index (χ3v) is 5.42. The van der Waals surface area contributed by atoms with Crippen molar-refractivity contribution in [3.05, 3.63) is 70.8 Å². The Balaban J connectivity index is 1.85. The molecule has 0 amide bonds. The molecule has 0 aliphatic rings. The number of carbonyl (C=O) groups is 2. The highest BCUT2D eigenvalue weighted by Crippen LogP contribution is 2.32. The molecule has 0 saturated carbocycles. The van der Waals surface area contributed by atoms with Gasteiger partial charge in [0.2, 0.25) is 11.6 Å². The molecule has 0 aliphatic heterocycles. The van der Waals surface area contributed by atoms with Gasteiger partial charge in [-0.25, -0.2) is 0 Å². The Morgan fingerprint density at radius 3 is 1.85 bits per heavy atom. The van der Waals surface area contributed by atoms with E-state index in [1.807, 2.05) is 12.1 Å². The van der Waals surface area contributed by atoms with Crippen LogP contribution in [0, 0.1) is 0 Å². The van der Waals surface area contributed by atoms with E-state index in [-0.39, 0.29) is 16.9 Å². The average Bonchev–Trinajstić information content (AvgIpc) is 2.86. The number of benzene rings is 3. The van der Waals surface area contributed by atoms with E-state index in [2.05, 4.69) is 0 Å². The molecule has 0 aromatic heterocycles. The van der Waals surface area contributed by atoms with Gasteiger partial charge in [-0.3, -0.25) is 9.59 Å². The fourth-order valence-corrected chi connectivity index (χ4v) is 3.55. The van der Waals surface area contributed by atoms with Crippen molar-refractivity contribution in [3.8, 4) is 34.5 Å². The predicted molar refractivity (Wildman–Crippen MR) is 125 cm³/mol. The van der Waals surface area contributed by atoms with Gasteiger partial charge in [0, 0.05) is 11.6 Å². The van der Waals surface area contributed by atoms with Crippen molar-refractivity contribution in [3.63, 3.8) is 0 Å². The Morgan fingerprint density at radius 2 is 1.24 bits per heavy atom. The first kappa shape index (κ1) is 24.4. The second-order valence-electron chi connectivity index (χ2n) is 7.42. The van der Waals surface area contributed by atoms with Crippen LogP contribution in [0.3, 0.4) is 0 Å². The average molecular weight is 466 g/mol. The molecule has 34 heavy (non-hydrogen) atoms. The molecule has 0 unspecified atom stereocenters. The van der Waals surface area contributed by atoms with Gasteiger partial charge in [-0.1, -0.05) is 6.07 Å². The second kappa shape index (κ2) is 10.6. The molecule has 2 N–H and O–H groups in total. The minimum atomic E-state index is -0.905. The number of phenols is 2. The first-order valence-corrected chi connectivity index (χ1v) is 10.4. The number of Topliss-reactive ketones (excluding diaryl/α,β-unsaturated/α-hetero) is 2. The highest BCUT2D eigenvalue weighted by atomic mass is 16.5. The highest BCUT2D eigenvalue weighted by molar-refractivity contribution is 6.49. The van der Waals surface area contributed by atoms with Crippen LogP contribution in [0.25, 0.3) is 0 Å². The van der Waals surface area contributed by atoms with Crippen molar-refractivity contribution in [2.24, 2.45) is 0 Å². The number of ketones is 2. The molecule has 0 aliphatic carbocycles. The summed E-state index contributed by atoms with van der Waals surface area (Å²) in [6.07, 6.45) is 0.863. The fraction of sp³-hybridized carbons (Fsp3) is 0.231. The molecular formula is C26H26O8. The topological polar surface area (TPSA) is 112 Å². The Morgan fingerprint density at radius 1 is 0.647 bits per heavy atom. The normalized spacial score (nSPS) is 10.5. The number of methoxy groups -OCH3 is 4. The van der Waals surface area contributed by atoms with Crippen LogP contribution in [-0.4, -0.2) is 50.2 Å². The summed E-state index contributed by atoms with van der Waals surface area (Å²) in [7, 11) is 5.97. The van der Waals surface area contributed by atoms with Crippen LogP contribution in [-0.2, 0) is 12.8 Å². The quantitative estimate of drug-likeness (QED) is 0.341. The molecule has 0 atom stereocenters. The summed E-state index contributed by atoms with van der Waals surface area (Å²) in [5.74, 6) is -0.501. The molecule has 178 valence electrons. The van der Waals surface area contributed by atoms with Gasteiger partial charge in [0.25, 0.3) is 0 Å². The maximum Gasteiger partial charge on any atom is 0.237 e. The van der Waals surface area contributed by atoms with Crippen molar-refractivity contribution in [2.75, 3.05) is 28.4 Å². The van der Waals surface area contributed by atoms with Gasteiger partial charge < -0.3 is 29.2 Å². The van der Waals surface area contributed by atoms with E-state index in [9.17, 15) is 19.8 Å². The SMILES string of the molecule is COc1ccc(CCc2cc(C(=O)C(=O)c3ccc(OC)c(OC)c3)c(O)cc2O)cc1OC. The predicted octanol–water partition coefficient (Wildman–Crippen LogP) is 3.98. The van der Waals surface area contributed by atoms with Crippen molar-refractivity contribution < 1.29 is 38.7 Å². The molecule has 3 aromatic carbocycles. The maximum absolute atomic E-state index is 12.9. The number of rotatable bonds is 10. The number of ether oxygens (including phenoxy) is 4. The third-order valence-electron chi connectivity index (χ3n) is 5.42. The van der Waals surface area contributed by atoms with Crippen LogP contribution in [0.1, 0.15) is 31.8 Å². The summed E-state index contributed by atoms with van der Waals surface area (Å²) in [6.45, 7) is 0. The Hall–Kier alpha value is -4.20. The minimum Gasteiger partial charge on any atom is -0.508 e. The molecule has 0 bridgehead atoms. The van der Waals surface area contributed by atoms with E-state index >= 15 is 0 Å². The number of phenolic OH excluding ortho intramolecular Hbond substituents is 2. The first-order valence-electron chi connectivity index (χ1n) is 10.4. The Bertz CT molecular complexity index is 1220. The van der Waals surface area contributed by atoms with Gasteiger partial charge in [0.15, 0.2) is 23.0 Å². The maximum atomic E-state index is 12.9. The number of hydrogen-bond donors (Lipinski definition) is 2. The summed E-state index contributed by atoms with van der Waals surface area (Å²) >= 11 is 0. The first-order chi connectivity index (χ1) is 16.3. The van der Waals surface area contributed by atoms with E-state index in [1.165, 1.54) is 38.5 Å². The van der Waals surface area contributed by atoms with Crippen LogP contribution in [0.15, 0.2) is 48.5 Å². The summed E-state index contributed by atoms with van der Waals surface area (Å²) in [5, 5.41) is 20.6. The van der Waals surface area contributed by atoms with E-state index < -0.39 is 17.3 Å². The van der Waals surface area contributed by atoms with Crippen LogP contribution in [0.4, 0.5) is 0 Å². The van der Waals surface area contributed by atoms with Crippen LogP contribution >= 0.6 is 0 Å². The molecule has 0 spiro atoms. The molecular weight excluding hydrogens is 440 g/mol. The second-order valence-corrected chi connectivity index (χ2v) is 7.42. The van der Waals surface area contributed by atoms with E-state index in [0.29, 0.717) is 41.4 Å². The number of aromatic hydroxyl groups is 2. The van der Waals surface area contributed by atoms with Crippen molar-refractivity contribution in [2.45, 2.75) is 12.8 Å². The lowest BCUT2D eigenvalue weighted by Crippen LogP contribution is -2.15. The zero-order valence-electron chi connectivity index (χ0n) is 19.4. The monoisotopic (exact) mass is 466 g/mol. The van der Waals surface area contributed by atoms with Crippen LogP contribution < -0.4 is 18.9 Å². The Kier molecular flexibility index (Phi) is 7.63. The van der Waals surface area contributed by atoms with E-state index in [4.69, 9.17) is 18.9 Å². The lowest BCUT2D eigenvalue weighted by atomic mass is 9.96. The number of carbonyl (C=O) groups excluding carboxylic acids is 2. The highest BCUT2D eigenvalue weighted by Gasteiger charge is 2.24. The van der Waals surface area contributed by atoms with Crippen LogP contribution in [0.5, 0.6) is 34.5 Å². The summed E-state index contributed by atoms with van der Waals surface area (Å²) in [6, 6.07) is 12.2. The molecule has 0 radical (unpaired) electrons. The van der Waals surface area contributed by atoms with Gasteiger partial charge in [0.1, 0.15) is 11.5 Å². The molecule has 8 heteroatoms. The smallest absolute Gasteiger partial charge is 0.237 e. The lowest BCUT2D eigenvalue weighted by molar-refractivity contribution is 0.0815. The van der Waals surface area contributed by atoms with Gasteiger partial charge in [-0.2, -0.15) is 0 Å². The van der Waals surface area contributed by atoms with Crippen molar-refractivity contribution >= 4 is 11.6 Å². The molecule has 0 heterocycles. The number of aryl methyl sites for hydroxylation is 2. The van der Waals surface area contributed by atoms with E-state index in [0.717, 1.165) is 11.6 Å². The van der Waals surface area contributed by atoms with Gasteiger partial charge in [0.05, 0.1) is 34.0 Å². The third kappa shape index (κ3) is 5.06. The Labute approximate surface area is 197 Å². The van der Waals surface area contributed by atoms with Crippen molar-refractivity contribution in [1.82, 2.24) is 0 Å². The van der Waals surface area contributed by atoms with Gasteiger partial charge >= 0.3 is 0 Å². The minimum absolute atomic E-state index is 0.0852. The van der Waals surface area contributed by atoms with Gasteiger partial charge in [-0.15, -0.1) is 0 Å². The molecule has 8 nitrogen and oxygen atoms in total. The molecule has 0 saturated heterocycles. The molecule has 3 rings (SSSR count).